The van der Waals surface area contributed by atoms with Gasteiger partial charge in [0.15, 0.2) is 15.8 Å². The molecule has 0 radical (unpaired) electrons. The SMILES string of the molecule is CN=C(NCc1ccccc1COC)NC1CCS(=O)(=O)C1. The molecule has 2 N–H and O–H groups in total. The van der Waals surface area contributed by atoms with Gasteiger partial charge in [-0.15, -0.1) is 0 Å². The second kappa shape index (κ2) is 7.60. The van der Waals surface area contributed by atoms with E-state index in [1.54, 1.807) is 14.2 Å². The lowest BCUT2D eigenvalue weighted by Crippen LogP contribution is -2.43. The standard InChI is InChI=1S/C15H23N3O3S/c1-16-15(18-14-7-8-22(19,20)11-14)17-9-12-5-3-4-6-13(12)10-21-2/h3-6,14H,7-11H2,1-2H3,(H2,16,17,18). The van der Waals surface area contributed by atoms with E-state index in [4.69, 9.17) is 4.74 Å². The van der Waals surface area contributed by atoms with Crippen LogP contribution in [-0.4, -0.2) is 46.1 Å². The number of guanidine groups is 1. The molecule has 0 amide bonds. The van der Waals surface area contributed by atoms with Crippen LogP contribution in [0.15, 0.2) is 29.3 Å². The molecule has 6 nitrogen and oxygen atoms in total. The van der Waals surface area contributed by atoms with Crippen molar-refractivity contribution in [2.45, 2.75) is 25.6 Å². The number of benzene rings is 1. The third-order valence-electron chi connectivity index (χ3n) is 3.66. The molecule has 1 atom stereocenters. The molecule has 0 aliphatic carbocycles. The van der Waals surface area contributed by atoms with Gasteiger partial charge in [0.2, 0.25) is 0 Å². The first-order chi connectivity index (χ1) is 10.5. The van der Waals surface area contributed by atoms with Crippen molar-refractivity contribution < 1.29 is 13.2 Å². The van der Waals surface area contributed by atoms with Crippen LogP contribution in [0.2, 0.25) is 0 Å². The maximum atomic E-state index is 11.5. The number of methoxy groups -OCH3 is 1. The highest BCUT2D eigenvalue weighted by Crippen LogP contribution is 2.12. The predicted octanol–water partition coefficient (Wildman–Crippen LogP) is 0.685. The van der Waals surface area contributed by atoms with Crippen molar-refractivity contribution in [1.82, 2.24) is 10.6 Å². The van der Waals surface area contributed by atoms with E-state index >= 15 is 0 Å². The van der Waals surface area contributed by atoms with Gasteiger partial charge in [0.1, 0.15) is 0 Å². The predicted molar refractivity (Wildman–Crippen MR) is 87.5 cm³/mol. The molecule has 0 spiro atoms. The van der Waals surface area contributed by atoms with Gasteiger partial charge in [-0.25, -0.2) is 8.42 Å². The molecule has 122 valence electrons. The second-order valence-electron chi connectivity index (χ2n) is 5.37. The van der Waals surface area contributed by atoms with E-state index < -0.39 is 9.84 Å². The van der Waals surface area contributed by atoms with Gasteiger partial charge in [-0.2, -0.15) is 0 Å². The third-order valence-corrected chi connectivity index (χ3v) is 5.43. The lowest BCUT2D eigenvalue weighted by Gasteiger charge is -2.17. The second-order valence-corrected chi connectivity index (χ2v) is 7.60. The van der Waals surface area contributed by atoms with E-state index in [-0.39, 0.29) is 17.5 Å². The molecule has 2 rings (SSSR count). The summed E-state index contributed by atoms with van der Waals surface area (Å²) in [4.78, 5) is 4.16. The molecule has 22 heavy (non-hydrogen) atoms. The van der Waals surface area contributed by atoms with Crippen molar-refractivity contribution in [1.29, 1.82) is 0 Å². The Morgan fingerprint density at radius 3 is 2.68 bits per heavy atom. The van der Waals surface area contributed by atoms with Gasteiger partial charge < -0.3 is 15.4 Å². The Hall–Kier alpha value is -1.60. The maximum absolute atomic E-state index is 11.5. The zero-order valence-corrected chi connectivity index (χ0v) is 13.8. The zero-order valence-electron chi connectivity index (χ0n) is 13.0. The molecule has 1 aromatic carbocycles. The third kappa shape index (κ3) is 4.71. The van der Waals surface area contributed by atoms with E-state index in [1.165, 1.54) is 0 Å². The fourth-order valence-corrected chi connectivity index (χ4v) is 4.18. The van der Waals surface area contributed by atoms with Crippen LogP contribution >= 0.6 is 0 Å². The zero-order chi connectivity index (χ0) is 16.0. The summed E-state index contributed by atoms with van der Waals surface area (Å²) in [5.41, 5.74) is 2.25. The van der Waals surface area contributed by atoms with E-state index in [9.17, 15) is 8.42 Å². The number of sulfone groups is 1. The number of ether oxygens (including phenoxy) is 1. The van der Waals surface area contributed by atoms with Gasteiger partial charge in [0.25, 0.3) is 0 Å². The fraction of sp³-hybridized carbons (Fsp3) is 0.533. The van der Waals surface area contributed by atoms with Crippen LogP contribution in [0.4, 0.5) is 0 Å². The molecule has 0 aromatic heterocycles. The summed E-state index contributed by atoms with van der Waals surface area (Å²) in [6, 6.07) is 7.96. The van der Waals surface area contributed by atoms with Crippen molar-refractivity contribution in [3.05, 3.63) is 35.4 Å². The van der Waals surface area contributed by atoms with Crippen LogP contribution in [0.5, 0.6) is 0 Å². The summed E-state index contributed by atoms with van der Waals surface area (Å²) in [7, 11) is 0.460. The van der Waals surface area contributed by atoms with Crippen molar-refractivity contribution in [2.24, 2.45) is 4.99 Å². The summed E-state index contributed by atoms with van der Waals surface area (Å²) < 4.78 is 28.2. The van der Waals surface area contributed by atoms with E-state index in [0.717, 1.165) is 11.1 Å². The number of nitrogens with zero attached hydrogens (tertiary/aromatic N) is 1. The van der Waals surface area contributed by atoms with Gasteiger partial charge in [0.05, 0.1) is 18.1 Å². The molecule has 1 aromatic rings. The minimum Gasteiger partial charge on any atom is -0.380 e. The van der Waals surface area contributed by atoms with Crippen LogP contribution < -0.4 is 10.6 Å². The summed E-state index contributed by atoms with van der Waals surface area (Å²) >= 11 is 0. The summed E-state index contributed by atoms with van der Waals surface area (Å²) in [6.07, 6.45) is 0.628. The number of rotatable bonds is 5. The first kappa shape index (κ1) is 16.8. The highest BCUT2D eigenvalue weighted by molar-refractivity contribution is 7.91. The normalized spacial score (nSPS) is 20.8. The highest BCUT2D eigenvalue weighted by Gasteiger charge is 2.28. The Balaban J connectivity index is 1.92. The first-order valence-corrected chi connectivity index (χ1v) is 9.09. The van der Waals surface area contributed by atoms with Crippen molar-refractivity contribution in [2.75, 3.05) is 25.7 Å². The largest absolute Gasteiger partial charge is 0.380 e. The van der Waals surface area contributed by atoms with Crippen LogP contribution in [0.1, 0.15) is 17.5 Å². The minimum atomic E-state index is -2.89. The molecular formula is C15H23N3O3S. The quantitative estimate of drug-likeness (QED) is 0.615. The lowest BCUT2D eigenvalue weighted by atomic mass is 10.1. The Labute approximate surface area is 131 Å². The molecular weight excluding hydrogens is 302 g/mol. The Morgan fingerprint density at radius 1 is 1.36 bits per heavy atom. The number of nitrogens with one attached hydrogen (secondary N) is 2. The molecule has 1 aliphatic rings. The summed E-state index contributed by atoms with van der Waals surface area (Å²) in [5, 5.41) is 6.40. The van der Waals surface area contributed by atoms with E-state index in [0.29, 0.717) is 25.5 Å². The van der Waals surface area contributed by atoms with Crippen molar-refractivity contribution in [3.8, 4) is 0 Å². The molecule has 1 heterocycles. The summed E-state index contributed by atoms with van der Waals surface area (Å²) in [6.45, 7) is 1.17. The van der Waals surface area contributed by atoms with Crippen LogP contribution in [0.3, 0.4) is 0 Å². The molecule has 1 saturated heterocycles. The molecule has 1 fully saturated rings. The van der Waals surface area contributed by atoms with Gasteiger partial charge in [-0.1, -0.05) is 24.3 Å². The molecule has 1 unspecified atom stereocenters. The van der Waals surface area contributed by atoms with Crippen molar-refractivity contribution >= 4 is 15.8 Å². The van der Waals surface area contributed by atoms with Crippen LogP contribution in [0.25, 0.3) is 0 Å². The Kier molecular flexibility index (Phi) is 5.79. The summed E-state index contributed by atoms with van der Waals surface area (Å²) in [5.74, 6) is 1.04. The highest BCUT2D eigenvalue weighted by atomic mass is 32.2. The smallest absolute Gasteiger partial charge is 0.191 e. The number of hydrogen-bond acceptors (Lipinski definition) is 4. The molecule has 0 bridgehead atoms. The molecule has 7 heteroatoms. The van der Waals surface area contributed by atoms with Crippen LogP contribution in [0, 0.1) is 0 Å². The van der Waals surface area contributed by atoms with Gasteiger partial charge >= 0.3 is 0 Å². The van der Waals surface area contributed by atoms with Gasteiger partial charge in [-0.3, -0.25) is 4.99 Å². The molecule has 1 aliphatic heterocycles. The topological polar surface area (TPSA) is 79.8 Å². The fourth-order valence-electron chi connectivity index (χ4n) is 2.50. The van der Waals surface area contributed by atoms with Gasteiger partial charge in [0, 0.05) is 26.7 Å². The average molecular weight is 325 g/mol. The van der Waals surface area contributed by atoms with E-state index in [2.05, 4.69) is 15.6 Å². The van der Waals surface area contributed by atoms with E-state index in [1.807, 2.05) is 24.3 Å². The van der Waals surface area contributed by atoms with Crippen molar-refractivity contribution in [3.63, 3.8) is 0 Å². The minimum absolute atomic E-state index is 0.0644. The monoisotopic (exact) mass is 325 g/mol. The Bertz CT molecular complexity index is 629. The first-order valence-electron chi connectivity index (χ1n) is 7.27. The Morgan fingerprint density at radius 2 is 2.09 bits per heavy atom. The van der Waals surface area contributed by atoms with Crippen LogP contribution in [-0.2, 0) is 27.7 Å². The number of hydrogen-bond donors (Lipinski definition) is 2. The van der Waals surface area contributed by atoms with Gasteiger partial charge in [-0.05, 0) is 17.5 Å². The lowest BCUT2D eigenvalue weighted by molar-refractivity contribution is 0.184. The maximum Gasteiger partial charge on any atom is 0.191 e. The average Bonchev–Trinajstić information content (AvgIpc) is 2.84. The molecule has 0 saturated carbocycles. The number of aliphatic imine (C=N–C) groups is 1.